The third-order valence-electron chi connectivity index (χ3n) is 1.81. The number of hydrogen-bond donors (Lipinski definition) is 2. The van der Waals surface area contributed by atoms with E-state index >= 15 is 0 Å². The minimum Gasteiger partial charge on any atom is -0.481 e. The zero-order valence-corrected chi connectivity index (χ0v) is 11.2. The number of carbonyl (C=O) groups is 1. The molecule has 0 unspecified atom stereocenters. The predicted octanol–water partition coefficient (Wildman–Crippen LogP) is -1.73. The maximum Gasteiger partial charge on any atom is 0.304 e. The predicted molar refractivity (Wildman–Crippen MR) is 61.5 cm³/mol. The summed E-state index contributed by atoms with van der Waals surface area (Å²) in [4.78, 5) is 10.3. The number of nitrogens with zero attached hydrogens (tertiary/aromatic N) is 1. The average Bonchev–Trinajstić information content (AvgIpc) is 2.11. The van der Waals surface area contributed by atoms with Crippen LogP contribution in [0.2, 0.25) is 0 Å². The van der Waals surface area contributed by atoms with Crippen LogP contribution in [0.15, 0.2) is 0 Å². The molecule has 0 aliphatic rings. The van der Waals surface area contributed by atoms with Crippen molar-refractivity contribution < 1.29 is 26.7 Å². The lowest BCUT2D eigenvalue weighted by atomic mass is 10.4. The van der Waals surface area contributed by atoms with Crippen molar-refractivity contribution in [3.63, 3.8) is 0 Å². The van der Waals surface area contributed by atoms with Crippen molar-refractivity contribution in [1.29, 1.82) is 0 Å². The number of nitrogens with one attached hydrogen (secondary N) is 1. The van der Waals surface area contributed by atoms with Gasteiger partial charge in [-0.1, -0.05) is 0 Å². The highest BCUT2D eigenvalue weighted by atomic mass is 32.2. The Bertz CT molecular complexity index is 455. The zero-order valence-electron chi connectivity index (χ0n) is 9.58. The van der Waals surface area contributed by atoms with Gasteiger partial charge in [0.1, 0.15) is 9.84 Å². The van der Waals surface area contributed by atoms with Crippen LogP contribution in [0.25, 0.3) is 0 Å². The highest BCUT2D eigenvalue weighted by molar-refractivity contribution is 7.90. The van der Waals surface area contributed by atoms with Crippen molar-refractivity contribution in [2.24, 2.45) is 0 Å². The Kier molecular flexibility index (Phi) is 6.02. The Balaban J connectivity index is 4.24. The Morgan fingerprint density at radius 2 is 1.82 bits per heavy atom. The largest absolute Gasteiger partial charge is 0.481 e. The van der Waals surface area contributed by atoms with Gasteiger partial charge in [0.15, 0.2) is 0 Å². The molecule has 0 atom stereocenters. The molecule has 0 aromatic carbocycles. The van der Waals surface area contributed by atoms with Gasteiger partial charge in [0, 0.05) is 26.4 Å². The number of carboxylic acids is 1. The second-order valence-corrected chi connectivity index (χ2v) is 7.62. The highest BCUT2D eigenvalue weighted by Crippen LogP contribution is 1.95. The molecule has 0 aliphatic heterocycles. The van der Waals surface area contributed by atoms with Crippen LogP contribution < -0.4 is 4.72 Å². The molecule has 0 aliphatic carbocycles. The minimum absolute atomic E-state index is 0.177. The molecule has 0 fully saturated rings. The van der Waals surface area contributed by atoms with Crippen LogP contribution in [0.1, 0.15) is 6.42 Å². The van der Waals surface area contributed by atoms with Crippen LogP contribution in [-0.4, -0.2) is 64.4 Å². The first-order valence-electron chi connectivity index (χ1n) is 4.65. The molecule has 0 spiro atoms. The van der Waals surface area contributed by atoms with Gasteiger partial charge in [-0.2, -0.15) is 12.7 Å². The molecular formula is C7H16N2O6S2. The van der Waals surface area contributed by atoms with Crippen molar-refractivity contribution >= 4 is 26.0 Å². The van der Waals surface area contributed by atoms with Crippen molar-refractivity contribution in [3.05, 3.63) is 0 Å². The average molecular weight is 288 g/mol. The SMILES string of the molecule is CN(CCC(=O)O)S(=O)(=O)NCCS(C)(=O)=O. The van der Waals surface area contributed by atoms with E-state index in [0.29, 0.717) is 0 Å². The summed E-state index contributed by atoms with van der Waals surface area (Å²) in [6.45, 7) is -0.415. The van der Waals surface area contributed by atoms with Crippen molar-refractivity contribution in [2.45, 2.75) is 6.42 Å². The molecule has 0 aromatic rings. The minimum atomic E-state index is -3.82. The van der Waals surface area contributed by atoms with E-state index in [4.69, 9.17) is 5.11 Å². The van der Waals surface area contributed by atoms with Gasteiger partial charge in [0.05, 0.1) is 12.2 Å². The molecule has 0 bridgehead atoms. The number of aliphatic carboxylic acids is 1. The summed E-state index contributed by atoms with van der Waals surface area (Å²) in [7, 11) is -5.85. The van der Waals surface area contributed by atoms with E-state index in [2.05, 4.69) is 4.72 Å². The molecule has 102 valence electrons. The van der Waals surface area contributed by atoms with Crippen molar-refractivity contribution in [2.75, 3.05) is 32.1 Å². The fourth-order valence-electron chi connectivity index (χ4n) is 0.840. The number of carboxylic acid groups (broad SMARTS) is 1. The van der Waals surface area contributed by atoms with E-state index in [9.17, 15) is 21.6 Å². The lowest BCUT2D eigenvalue weighted by Gasteiger charge is -2.16. The zero-order chi connectivity index (χ0) is 13.7. The molecule has 0 amide bonds. The molecule has 0 saturated carbocycles. The van der Waals surface area contributed by atoms with E-state index in [1.54, 1.807) is 0 Å². The third-order valence-corrected chi connectivity index (χ3v) is 4.33. The fraction of sp³-hybridized carbons (Fsp3) is 0.857. The number of sulfone groups is 1. The molecule has 0 rings (SSSR count). The standard InChI is InChI=1S/C7H16N2O6S2/c1-9(5-3-7(10)11)17(14,15)8-4-6-16(2,12)13/h8H,3-6H2,1-2H3,(H,10,11). The third kappa shape index (κ3) is 8.07. The molecule has 8 nitrogen and oxygen atoms in total. The molecule has 0 aromatic heterocycles. The van der Waals surface area contributed by atoms with Gasteiger partial charge in [-0.15, -0.1) is 0 Å². The summed E-state index contributed by atoms with van der Waals surface area (Å²) in [6, 6.07) is 0. The second-order valence-electron chi connectivity index (χ2n) is 3.49. The van der Waals surface area contributed by atoms with Gasteiger partial charge in [-0.25, -0.2) is 13.1 Å². The summed E-state index contributed by atoms with van der Waals surface area (Å²) >= 11 is 0. The van der Waals surface area contributed by atoms with E-state index in [1.807, 2.05) is 0 Å². The van der Waals surface area contributed by atoms with Crippen LogP contribution in [0.4, 0.5) is 0 Å². The van der Waals surface area contributed by atoms with E-state index in [-0.39, 0.29) is 25.3 Å². The van der Waals surface area contributed by atoms with Crippen LogP contribution in [0.5, 0.6) is 0 Å². The van der Waals surface area contributed by atoms with Crippen molar-refractivity contribution in [1.82, 2.24) is 9.03 Å². The van der Waals surface area contributed by atoms with Gasteiger partial charge < -0.3 is 5.11 Å². The van der Waals surface area contributed by atoms with E-state index in [0.717, 1.165) is 10.6 Å². The van der Waals surface area contributed by atoms with E-state index < -0.39 is 26.0 Å². The summed E-state index contributed by atoms with van der Waals surface area (Å²) in [5.41, 5.74) is 0. The first-order chi connectivity index (χ1) is 7.54. The molecule has 2 N–H and O–H groups in total. The van der Waals surface area contributed by atoms with Gasteiger partial charge in [0.25, 0.3) is 10.2 Å². The van der Waals surface area contributed by atoms with E-state index in [1.165, 1.54) is 7.05 Å². The van der Waals surface area contributed by atoms with Gasteiger partial charge in [0.2, 0.25) is 0 Å². The quantitative estimate of drug-likeness (QED) is 0.547. The monoisotopic (exact) mass is 288 g/mol. The van der Waals surface area contributed by atoms with Gasteiger partial charge >= 0.3 is 5.97 Å². The summed E-state index contributed by atoms with van der Waals surface area (Å²) in [6.07, 6.45) is 0.679. The Morgan fingerprint density at radius 1 is 1.29 bits per heavy atom. The maximum absolute atomic E-state index is 11.5. The lowest BCUT2D eigenvalue weighted by Crippen LogP contribution is -2.40. The molecule has 0 radical (unpaired) electrons. The maximum atomic E-state index is 11.5. The molecule has 17 heavy (non-hydrogen) atoms. The molecule has 10 heteroatoms. The second kappa shape index (κ2) is 6.28. The lowest BCUT2D eigenvalue weighted by molar-refractivity contribution is -0.137. The molecule has 0 saturated heterocycles. The van der Waals surface area contributed by atoms with Crippen LogP contribution in [-0.2, 0) is 24.8 Å². The number of rotatable bonds is 8. The Hall–Kier alpha value is -0.710. The molecule has 0 heterocycles. The number of hydrogen-bond acceptors (Lipinski definition) is 5. The summed E-state index contributed by atoms with van der Waals surface area (Å²) in [5.74, 6) is -1.41. The van der Waals surface area contributed by atoms with Crippen LogP contribution >= 0.6 is 0 Å². The highest BCUT2D eigenvalue weighted by Gasteiger charge is 2.18. The first kappa shape index (κ1) is 16.3. The molecular weight excluding hydrogens is 272 g/mol. The summed E-state index contributed by atoms with van der Waals surface area (Å²) < 4.78 is 47.4. The smallest absolute Gasteiger partial charge is 0.304 e. The summed E-state index contributed by atoms with van der Waals surface area (Å²) in [5, 5.41) is 8.39. The van der Waals surface area contributed by atoms with Crippen LogP contribution in [0, 0.1) is 0 Å². The van der Waals surface area contributed by atoms with Crippen molar-refractivity contribution in [3.8, 4) is 0 Å². The fourth-order valence-corrected chi connectivity index (χ4v) is 2.35. The Morgan fingerprint density at radius 3 is 2.24 bits per heavy atom. The topological polar surface area (TPSA) is 121 Å². The normalized spacial score (nSPS) is 12.9. The Labute approximate surface area is 101 Å². The first-order valence-corrected chi connectivity index (χ1v) is 8.15. The van der Waals surface area contributed by atoms with Gasteiger partial charge in [-0.3, -0.25) is 4.79 Å². The van der Waals surface area contributed by atoms with Crippen LogP contribution in [0.3, 0.4) is 0 Å². The van der Waals surface area contributed by atoms with Gasteiger partial charge in [-0.05, 0) is 0 Å².